The normalized spacial score (nSPS) is 14.1. The zero-order valence-electron chi connectivity index (χ0n) is 24.2. The Balaban J connectivity index is 3.59. The predicted octanol–water partition coefficient (Wildman–Crippen LogP) is 5.83. The van der Waals surface area contributed by atoms with Crippen LogP contribution in [-0.2, 0) is 14.3 Å². The smallest absolute Gasteiger partial charge is 0.408 e. The van der Waals surface area contributed by atoms with Gasteiger partial charge in [-0.1, -0.05) is 58.2 Å². The summed E-state index contributed by atoms with van der Waals surface area (Å²) in [6.07, 6.45) is 2.73. The number of nitrogens with zero attached hydrogens (tertiary/aromatic N) is 1. The van der Waals surface area contributed by atoms with E-state index in [-0.39, 0.29) is 23.8 Å². The monoisotopic (exact) mass is 503 g/mol. The van der Waals surface area contributed by atoms with Crippen LogP contribution in [0.25, 0.3) is 0 Å². The summed E-state index contributed by atoms with van der Waals surface area (Å²) in [7, 11) is 0. The molecule has 7 heteroatoms. The molecule has 2 N–H and O–H groups in total. The minimum Gasteiger partial charge on any atom is -0.444 e. The van der Waals surface area contributed by atoms with Gasteiger partial charge in [0, 0.05) is 12.6 Å². The highest BCUT2D eigenvalue weighted by Crippen LogP contribution is 2.29. The van der Waals surface area contributed by atoms with Crippen molar-refractivity contribution in [3.05, 3.63) is 34.9 Å². The molecule has 0 bridgehead atoms. The molecule has 0 aliphatic heterocycles. The number of ether oxygens (including phenoxy) is 1. The minimum atomic E-state index is -0.814. The van der Waals surface area contributed by atoms with E-state index in [1.165, 1.54) is 0 Å². The van der Waals surface area contributed by atoms with Crippen molar-refractivity contribution in [1.82, 2.24) is 15.5 Å². The van der Waals surface area contributed by atoms with Crippen LogP contribution in [0.4, 0.5) is 4.79 Å². The standard InChI is InChI=1S/C29H49N3O4/c1-11-13-14-18-32(27(34)24(20(5)12-2)31-28(35)36-29(8,9)10)25(26(33)30-19(3)4)23-17-15-16-21(6)22(23)7/h15-17,19-20,24-25H,11-14,18H2,1-10H3,(H,30,33)(H,31,35). The van der Waals surface area contributed by atoms with Gasteiger partial charge in [-0.3, -0.25) is 9.59 Å². The van der Waals surface area contributed by atoms with E-state index >= 15 is 0 Å². The second-order valence-corrected chi connectivity index (χ2v) is 11.1. The molecule has 0 aromatic heterocycles. The van der Waals surface area contributed by atoms with Gasteiger partial charge in [-0.2, -0.15) is 0 Å². The van der Waals surface area contributed by atoms with Crippen molar-refractivity contribution in [2.45, 2.75) is 119 Å². The van der Waals surface area contributed by atoms with E-state index in [9.17, 15) is 14.4 Å². The molecule has 204 valence electrons. The van der Waals surface area contributed by atoms with Gasteiger partial charge in [-0.25, -0.2) is 4.79 Å². The van der Waals surface area contributed by atoms with Crippen molar-refractivity contribution in [1.29, 1.82) is 0 Å². The number of nitrogens with one attached hydrogen (secondary N) is 2. The summed E-state index contributed by atoms with van der Waals surface area (Å²) in [4.78, 5) is 42.2. The molecule has 0 radical (unpaired) electrons. The maximum atomic E-state index is 14.2. The Hall–Kier alpha value is -2.57. The number of carbonyl (C=O) groups is 3. The van der Waals surface area contributed by atoms with Crippen molar-refractivity contribution in [2.24, 2.45) is 5.92 Å². The van der Waals surface area contributed by atoms with Crippen molar-refractivity contribution in [3.63, 3.8) is 0 Å². The molecule has 7 nitrogen and oxygen atoms in total. The average Bonchev–Trinajstić information content (AvgIpc) is 2.76. The summed E-state index contributed by atoms with van der Waals surface area (Å²) in [5, 5.41) is 5.85. The van der Waals surface area contributed by atoms with Gasteiger partial charge in [0.1, 0.15) is 17.7 Å². The Kier molecular flexibility index (Phi) is 12.4. The largest absolute Gasteiger partial charge is 0.444 e. The molecule has 36 heavy (non-hydrogen) atoms. The number of alkyl carbamates (subject to hydrolysis) is 1. The van der Waals surface area contributed by atoms with E-state index < -0.39 is 23.8 Å². The molecule has 1 rings (SSSR count). The summed E-state index contributed by atoms with van der Waals surface area (Å²) < 4.78 is 5.47. The molecule has 1 aromatic carbocycles. The lowest BCUT2D eigenvalue weighted by Gasteiger charge is -2.37. The van der Waals surface area contributed by atoms with Crippen LogP contribution in [0.1, 0.15) is 104 Å². The molecular weight excluding hydrogens is 454 g/mol. The molecule has 3 atom stereocenters. The highest BCUT2D eigenvalue weighted by molar-refractivity contribution is 5.92. The van der Waals surface area contributed by atoms with E-state index in [0.29, 0.717) is 13.0 Å². The number of aryl methyl sites for hydroxylation is 1. The van der Waals surface area contributed by atoms with Crippen LogP contribution in [0.5, 0.6) is 0 Å². The van der Waals surface area contributed by atoms with Crippen LogP contribution in [0.15, 0.2) is 18.2 Å². The SMILES string of the molecule is CCCCCN(C(=O)C(NC(=O)OC(C)(C)C)C(C)CC)C(C(=O)NC(C)C)c1cccc(C)c1C. The number of rotatable bonds is 12. The van der Waals surface area contributed by atoms with E-state index in [0.717, 1.165) is 36.0 Å². The molecule has 0 heterocycles. The van der Waals surface area contributed by atoms with E-state index in [1.807, 2.05) is 59.7 Å². The highest BCUT2D eigenvalue weighted by atomic mass is 16.6. The summed E-state index contributed by atoms with van der Waals surface area (Å²) in [5.74, 6) is -0.633. The van der Waals surface area contributed by atoms with Gasteiger partial charge in [-0.15, -0.1) is 0 Å². The summed E-state index contributed by atoms with van der Waals surface area (Å²) >= 11 is 0. The number of hydrogen-bond donors (Lipinski definition) is 2. The lowest BCUT2D eigenvalue weighted by atomic mass is 9.92. The highest BCUT2D eigenvalue weighted by Gasteiger charge is 2.38. The number of benzene rings is 1. The fourth-order valence-corrected chi connectivity index (χ4v) is 4.08. The maximum absolute atomic E-state index is 14.2. The number of amides is 3. The first-order chi connectivity index (χ1) is 16.7. The number of unbranched alkanes of at least 4 members (excludes halogenated alkanes) is 2. The third-order valence-electron chi connectivity index (χ3n) is 6.37. The van der Waals surface area contributed by atoms with Crippen LogP contribution in [0.3, 0.4) is 0 Å². The lowest BCUT2D eigenvalue weighted by molar-refractivity contribution is -0.143. The molecular formula is C29H49N3O4. The predicted molar refractivity (Wildman–Crippen MR) is 146 cm³/mol. The molecule has 0 fully saturated rings. The maximum Gasteiger partial charge on any atom is 0.408 e. The minimum absolute atomic E-state index is 0.0806. The van der Waals surface area contributed by atoms with Crippen molar-refractivity contribution in [2.75, 3.05) is 6.54 Å². The van der Waals surface area contributed by atoms with Crippen LogP contribution < -0.4 is 10.6 Å². The molecule has 0 aliphatic rings. The summed E-state index contributed by atoms with van der Waals surface area (Å²) in [6, 6.07) is 4.16. The molecule has 0 spiro atoms. The molecule has 3 amide bonds. The van der Waals surface area contributed by atoms with E-state index in [2.05, 4.69) is 17.6 Å². The topological polar surface area (TPSA) is 87.7 Å². The van der Waals surface area contributed by atoms with Gasteiger partial charge in [0.05, 0.1) is 0 Å². The first-order valence-corrected chi connectivity index (χ1v) is 13.4. The van der Waals surface area contributed by atoms with Crippen molar-refractivity contribution < 1.29 is 19.1 Å². The number of carbonyl (C=O) groups excluding carboxylic acids is 3. The van der Waals surface area contributed by atoms with Gasteiger partial charge in [0.25, 0.3) is 0 Å². The average molecular weight is 504 g/mol. The van der Waals surface area contributed by atoms with Crippen LogP contribution >= 0.6 is 0 Å². The third-order valence-corrected chi connectivity index (χ3v) is 6.37. The van der Waals surface area contributed by atoms with Crippen molar-refractivity contribution in [3.8, 4) is 0 Å². The van der Waals surface area contributed by atoms with Gasteiger partial charge in [-0.05, 0) is 77.5 Å². The molecule has 1 aromatic rings. The fraction of sp³-hybridized carbons (Fsp3) is 0.690. The Bertz CT molecular complexity index is 876. The molecule has 3 unspecified atom stereocenters. The first-order valence-electron chi connectivity index (χ1n) is 13.4. The van der Waals surface area contributed by atoms with E-state index in [4.69, 9.17) is 4.74 Å². The second-order valence-electron chi connectivity index (χ2n) is 11.1. The molecule has 0 aliphatic carbocycles. The molecule has 0 saturated heterocycles. The van der Waals surface area contributed by atoms with Crippen LogP contribution in [0, 0.1) is 19.8 Å². The number of hydrogen-bond acceptors (Lipinski definition) is 4. The lowest BCUT2D eigenvalue weighted by Crippen LogP contribution is -2.55. The Morgan fingerprint density at radius 1 is 1.00 bits per heavy atom. The third kappa shape index (κ3) is 9.47. The van der Waals surface area contributed by atoms with Gasteiger partial charge >= 0.3 is 6.09 Å². The van der Waals surface area contributed by atoms with E-state index in [1.54, 1.807) is 25.7 Å². The molecule has 0 saturated carbocycles. The first kappa shape index (κ1) is 31.5. The summed E-state index contributed by atoms with van der Waals surface area (Å²) in [6.45, 7) is 19.6. The van der Waals surface area contributed by atoms with Crippen LogP contribution in [-0.4, -0.2) is 47.0 Å². The quantitative estimate of drug-likeness (QED) is 0.352. The van der Waals surface area contributed by atoms with Gasteiger partial charge < -0.3 is 20.3 Å². The van der Waals surface area contributed by atoms with Crippen molar-refractivity contribution >= 4 is 17.9 Å². The Morgan fingerprint density at radius 3 is 2.17 bits per heavy atom. The summed E-state index contributed by atoms with van der Waals surface area (Å²) in [5.41, 5.74) is 2.15. The van der Waals surface area contributed by atoms with Crippen LogP contribution in [0.2, 0.25) is 0 Å². The fourth-order valence-electron chi connectivity index (χ4n) is 4.08. The Morgan fingerprint density at radius 2 is 1.64 bits per heavy atom. The van der Waals surface area contributed by atoms with Gasteiger partial charge in [0.15, 0.2) is 0 Å². The zero-order chi connectivity index (χ0) is 27.6. The Labute approximate surface area is 218 Å². The zero-order valence-corrected chi connectivity index (χ0v) is 24.2. The second kappa shape index (κ2) is 14.2. The van der Waals surface area contributed by atoms with Gasteiger partial charge in [0.2, 0.25) is 11.8 Å².